The van der Waals surface area contributed by atoms with Crippen molar-refractivity contribution in [2.75, 3.05) is 13.2 Å². The second kappa shape index (κ2) is 19.6. The highest BCUT2D eigenvalue weighted by atomic mass is 16.5. The van der Waals surface area contributed by atoms with E-state index in [0.29, 0.717) is 12.1 Å². The van der Waals surface area contributed by atoms with Gasteiger partial charge in [-0.2, -0.15) is 0 Å². The summed E-state index contributed by atoms with van der Waals surface area (Å²) in [5.41, 5.74) is 3.07. The maximum absolute atomic E-state index is 13.2. The van der Waals surface area contributed by atoms with Crippen LogP contribution in [0, 0.1) is 0 Å². The Balaban J connectivity index is 1.58. The molecule has 0 fully saturated rings. The molecular weight excluding hydrogens is 552 g/mol. The Labute approximate surface area is 263 Å². The van der Waals surface area contributed by atoms with E-state index in [2.05, 4.69) is 19.2 Å². The van der Waals surface area contributed by atoms with Crippen molar-refractivity contribution in [1.82, 2.24) is 10.2 Å². The third kappa shape index (κ3) is 11.1. The molecule has 0 unspecified atom stereocenters. The molecule has 0 radical (unpaired) electrons. The van der Waals surface area contributed by atoms with Gasteiger partial charge in [0.25, 0.3) is 5.91 Å². The summed E-state index contributed by atoms with van der Waals surface area (Å²) in [4.78, 5) is 40.0. The number of hydrogen-bond donors (Lipinski definition) is 1. The first-order chi connectivity index (χ1) is 21.5. The maximum atomic E-state index is 13.2. The highest BCUT2D eigenvalue weighted by molar-refractivity contribution is 6.32. The van der Waals surface area contributed by atoms with Gasteiger partial charge in [-0.25, -0.2) is 4.79 Å². The minimum atomic E-state index is -0.876. The van der Waals surface area contributed by atoms with Crippen molar-refractivity contribution < 1.29 is 23.5 Å². The SMILES string of the molecule is CCCCCCCCCCCCNC(=O)c1ccc(CN(Cc2c(CCCC)oc3ccccc23)C(=O)C(=O)OCC)cc1. The predicted molar refractivity (Wildman–Crippen MR) is 176 cm³/mol. The summed E-state index contributed by atoms with van der Waals surface area (Å²) in [6.45, 7) is 7.26. The van der Waals surface area contributed by atoms with Crippen molar-refractivity contribution in [1.29, 1.82) is 0 Å². The molecule has 1 heterocycles. The monoisotopic (exact) mass is 604 g/mol. The number of fused-ring (bicyclic) bond motifs is 1. The van der Waals surface area contributed by atoms with Crippen molar-refractivity contribution in [2.24, 2.45) is 0 Å². The first-order valence-electron chi connectivity index (χ1n) is 16.8. The third-order valence-corrected chi connectivity index (χ3v) is 8.03. The molecule has 7 nitrogen and oxygen atoms in total. The lowest BCUT2D eigenvalue weighted by Crippen LogP contribution is -2.37. The molecule has 2 amide bonds. The zero-order valence-corrected chi connectivity index (χ0v) is 27.1. The lowest BCUT2D eigenvalue weighted by molar-refractivity contribution is -0.160. The summed E-state index contributed by atoms with van der Waals surface area (Å²) >= 11 is 0. The van der Waals surface area contributed by atoms with Gasteiger partial charge in [-0.05, 0) is 43.5 Å². The van der Waals surface area contributed by atoms with Crippen molar-refractivity contribution in [3.8, 4) is 0 Å². The first-order valence-corrected chi connectivity index (χ1v) is 16.8. The summed E-state index contributed by atoms with van der Waals surface area (Å²) in [6, 6.07) is 15.0. The highest BCUT2D eigenvalue weighted by Gasteiger charge is 2.26. The number of nitrogens with one attached hydrogen (secondary N) is 1. The van der Waals surface area contributed by atoms with Gasteiger partial charge in [0, 0.05) is 36.0 Å². The van der Waals surface area contributed by atoms with Crippen LogP contribution in [0.15, 0.2) is 52.9 Å². The molecule has 44 heavy (non-hydrogen) atoms. The quantitative estimate of drug-likeness (QED) is 0.0793. The lowest BCUT2D eigenvalue weighted by Gasteiger charge is -2.22. The maximum Gasteiger partial charge on any atom is 0.397 e. The number of carbonyl (C=O) groups is 3. The fraction of sp³-hybridized carbons (Fsp3) is 0.541. The van der Waals surface area contributed by atoms with Crippen LogP contribution in [0.25, 0.3) is 11.0 Å². The number of ether oxygens (including phenoxy) is 1. The van der Waals surface area contributed by atoms with Gasteiger partial charge in [-0.15, -0.1) is 0 Å². The van der Waals surface area contributed by atoms with Crippen LogP contribution in [0.5, 0.6) is 0 Å². The molecule has 7 heteroatoms. The van der Waals surface area contributed by atoms with Crippen LogP contribution in [0.4, 0.5) is 0 Å². The molecule has 1 N–H and O–H groups in total. The number of benzene rings is 2. The summed E-state index contributed by atoms with van der Waals surface area (Å²) in [5.74, 6) is -0.836. The van der Waals surface area contributed by atoms with E-state index in [1.165, 1.54) is 56.3 Å². The van der Waals surface area contributed by atoms with E-state index in [1.807, 2.05) is 36.4 Å². The molecule has 3 rings (SSSR count). The van der Waals surface area contributed by atoms with Crippen molar-refractivity contribution in [3.05, 3.63) is 71.0 Å². The lowest BCUT2D eigenvalue weighted by atomic mass is 10.1. The van der Waals surface area contributed by atoms with Crippen LogP contribution in [0.3, 0.4) is 0 Å². The average Bonchev–Trinajstić information content (AvgIpc) is 3.39. The van der Waals surface area contributed by atoms with Crippen molar-refractivity contribution in [3.63, 3.8) is 0 Å². The Kier molecular flexibility index (Phi) is 15.6. The third-order valence-electron chi connectivity index (χ3n) is 8.03. The number of amides is 2. The van der Waals surface area contributed by atoms with E-state index in [9.17, 15) is 14.4 Å². The molecular formula is C37H52N2O5. The Morgan fingerprint density at radius 3 is 2.05 bits per heavy atom. The molecule has 3 aromatic rings. The second-order valence-electron chi connectivity index (χ2n) is 11.6. The van der Waals surface area contributed by atoms with E-state index in [1.54, 1.807) is 19.1 Å². The zero-order valence-electron chi connectivity index (χ0n) is 27.1. The molecule has 0 aliphatic rings. The van der Waals surface area contributed by atoms with Gasteiger partial charge in [0.05, 0.1) is 13.2 Å². The number of unbranched alkanes of at least 4 members (excludes halogenated alkanes) is 10. The van der Waals surface area contributed by atoms with Crippen LogP contribution in [-0.4, -0.2) is 35.8 Å². The molecule has 1 aromatic heterocycles. The number of nitrogens with zero attached hydrogens (tertiary/aromatic N) is 1. The van der Waals surface area contributed by atoms with Crippen LogP contribution >= 0.6 is 0 Å². The van der Waals surface area contributed by atoms with Crippen LogP contribution in [0.2, 0.25) is 0 Å². The Morgan fingerprint density at radius 1 is 0.750 bits per heavy atom. The Bertz CT molecular complexity index is 1300. The molecule has 0 spiro atoms. The summed E-state index contributed by atoms with van der Waals surface area (Å²) in [7, 11) is 0. The molecule has 0 bridgehead atoms. The second-order valence-corrected chi connectivity index (χ2v) is 11.6. The molecule has 0 saturated carbocycles. The Hall–Kier alpha value is -3.61. The molecule has 240 valence electrons. The van der Waals surface area contributed by atoms with Crippen molar-refractivity contribution in [2.45, 2.75) is 117 Å². The zero-order chi connectivity index (χ0) is 31.6. The number of para-hydroxylation sites is 1. The molecule has 0 atom stereocenters. The van der Waals surface area contributed by atoms with E-state index >= 15 is 0 Å². The van der Waals surface area contributed by atoms with E-state index in [4.69, 9.17) is 9.15 Å². The predicted octanol–water partition coefficient (Wildman–Crippen LogP) is 8.52. The molecule has 0 saturated heterocycles. The van der Waals surface area contributed by atoms with Gasteiger partial charge >= 0.3 is 11.9 Å². The number of esters is 1. The fourth-order valence-corrected chi connectivity index (χ4v) is 5.47. The number of furan rings is 1. The molecule has 2 aromatic carbocycles. The summed E-state index contributed by atoms with van der Waals surface area (Å²) in [5, 5.41) is 3.97. The molecule has 0 aliphatic carbocycles. The van der Waals surface area contributed by atoms with Gasteiger partial charge < -0.3 is 19.4 Å². The summed E-state index contributed by atoms with van der Waals surface area (Å²) in [6.07, 6.45) is 15.3. The Morgan fingerprint density at radius 2 is 1.39 bits per heavy atom. The highest BCUT2D eigenvalue weighted by Crippen LogP contribution is 2.29. The van der Waals surface area contributed by atoms with Crippen LogP contribution < -0.4 is 5.32 Å². The minimum Gasteiger partial charge on any atom is -0.461 e. The van der Waals surface area contributed by atoms with Gasteiger partial charge in [-0.1, -0.05) is 108 Å². The van der Waals surface area contributed by atoms with Gasteiger partial charge in [-0.3, -0.25) is 9.59 Å². The van der Waals surface area contributed by atoms with Crippen LogP contribution in [-0.2, 0) is 33.8 Å². The largest absolute Gasteiger partial charge is 0.461 e. The van der Waals surface area contributed by atoms with Gasteiger partial charge in [0.15, 0.2) is 0 Å². The minimum absolute atomic E-state index is 0.0997. The first kappa shape index (κ1) is 34.9. The topological polar surface area (TPSA) is 88.9 Å². The number of aryl methyl sites for hydroxylation is 1. The standard InChI is InChI=1S/C37H52N2O5/c1-4-7-9-10-11-12-13-14-15-18-26-38-35(40)30-24-22-29(23-25-30)27-39(36(41)37(42)43-6-3)28-32-31-19-16-17-21-33(31)44-34(32)20-8-5-2/h16-17,19,21-25H,4-15,18,20,26-28H2,1-3H3,(H,38,40). The van der Waals surface area contributed by atoms with Gasteiger partial charge in [0.1, 0.15) is 11.3 Å². The number of carbonyl (C=O) groups excluding carboxylic acids is 3. The average molecular weight is 605 g/mol. The van der Waals surface area contributed by atoms with E-state index < -0.39 is 11.9 Å². The molecule has 0 aliphatic heterocycles. The normalized spacial score (nSPS) is 11.1. The van der Waals surface area contributed by atoms with E-state index in [-0.39, 0.29) is 25.6 Å². The number of rotatable bonds is 20. The van der Waals surface area contributed by atoms with Gasteiger partial charge in [0.2, 0.25) is 0 Å². The van der Waals surface area contributed by atoms with Crippen LogP contribution in [0.1, 0.15) is 125 Å². The van der Waals surface area contributed by atoms with E-state index in [0.717, 1.165) is 60.0 Å². The fourth-order valence-electron chi connectivity index (χ4n) is 5.47. The van der Waals surface area contributed by atoms with Crippen molar-refractivity contribution >= 4 is 28.8 Å². The number of hydrogen-bond acceptors (Lipinski definition) is 5. The summed E-state index contributed by atoms with van der Waals surface area (Å²) < 4.78 is 11.2. The smallest absolute Gasteiger partial charge is 0.397 e.